The van der Waals surface area contributed by atoms with Gasteiger partial charge in [0.2, 0.25) is 0 Å². The first-order valence-corrected chi connectivity index (χ1v) is 4.39. The number of ether oxygens (including phenoxy) is 1. The largest absolute Gasteiger partial charge is 0.466 e. The van der Waals surface area contributed by atoms with Crippen LogP contribution in [-0.4, -0.2) is 18.6 Å². The number of carbonyl (C=O) groups excluding carboxylic acids is 1. The van der Waals surface area contributed by atoms with Crippen molar-refractivity contribution in [3.05, 3.63) is 11.4 Å². The van der Waals surface area contributed by atoms with Crippen LogP contribution in [0.15, 0.2) is 0 Å². The first-order chi connectivity index (χ1) is 6.47. The Bertz CT molecular complexity index is 269. The highest BCUT2D eigenvalue weighted by molar-refractivity contribution is 5.70. The molecule has 0 aliphatic carbocycles. The van der Waals surface area contributed by atoms with E-state index >= 15 is 0 Å². The maximum atomic E-state index is 11.2. The minimum absolute atomic E-state index is 0.0987. The Labute approximate surface area is 84.3 Å². The van der Waals surface area contributed by atoms with Gasteiger partial charge in [-0.3, -0.25) is 9.64 Å². The summed E-state index contributed by atoms with van der Waals surface area (Å²) in [5.41, 5.74) is -0.650. The molecular formula is C10H14N2O2. The van der Waals surface area contributed by atoms with Gasteiger partial charge in [-0.15, -0.1) is 0 Å². The molecule has 14 heavy (non-hydrogen) atoms. The lowest BCUT2D eigenvalue weighted by atomic mass is 9.82. The summed E-state index contributed by atoms with van der Waals surface area (Å²) < 4.78 is 4.77. The summed E-state index contributed by atoms with van der Waals surface area (Å²) >= 11 is 0. The van der Waals surface area contributed by atoms with Gasteiger partial charge in [-0.2, -0.15) is 5.26 Å². The van der Waals surface area contributed by atoms with Crippen molar-refractivity contribution in [3.63, 3.8) is 0 Å². The lowest BCUT2D eigenvalue weighted by Crippen LogP contribution is -2.29. The SMILES string of the molecule is [C-]#[N+]C(C#N)C(C)(C)CC(=O)OCC. The second-order valence-electron chi connectivity index (χ2n) is 3.63. The van der Waals surface area contributed by atoms with Gasteiger partial charge in [0.1, 0.15) is 0 Å². The quantitative estimate of drug-likeness (QED) is 0.506. The van der Waals surface area contributed by atoms with E-state index in [1.165, 1.54) is 0 Å². The Hall–Kier alpha value is -1.55. The molecule has 0 amide bonds. The molecule has 0 N–H and O–H groups in total. The summed E-state index contributed by atoms with van der Waals surface area (Å²) in [5.74, 6) is -0.360. The van der Waals surface area contributed by atoms with E-state index in [-0.39, 0.29) is 12.4 Å². The Balaban J connectivity index is 4.42. The lowest BCUT2D eigenvalue weighted by Gasteiger charge is -2.19. The summed E-state index contributed by atoms with van der Waals surface area (Å²) in [5, 5.41) is 8.69. The predicted octanol–water partition coefficient (Wildman–Crippen LogP) is 1.78. The van der Waals surface area contributed by atoms with E-state index in [4.69, 9.17) is 16.6 Å². The highest BCUT2D eigenvalue weighted by atomic mass is 16.5. The van der Waals surface area contributed by atoms with E-state index in [1.54, 1.807) is 20.8 Å². The fraction of sp³-hybridized carbons (Fsp3) is 0.700. The average Bonchev–Trinajstić information content (AvgIpc) is 2.04. The van der Waals surface area contributed by atoms with Gasteiger partial charge in [-0.05, 0) is 6.92 Å². The fourth-order valence-electron chi connectivity index (χ4n) is 1.06. The van der Waals surface area contributed by atoms with Crippen LogP contribution in [0.25, 0.3) is 4.85 Å². The highest BCUT2D eigenvalue weighted by Crippen LogP contribution is 2.27. The molecule has 0 radical (unpaired) electrons. The van der Waals surface area contributed by atoms with Crippen LogP contribution in [-0.2, 0) is 9.53 Å². The van der Waals surface area contributed by atoms with E-state index in [9.17, 15) is 4.79 Å². The number of esters is 1. The summed E-state index contributed by atoms with van der Waals surface area (Å²) in [6.07, 6.45) is 0.0987. The highest BCUT2D eigenvalue weighted by Gasteiger charge is 2.37. The second kappa shape index (κ2) is 5.24. The van der Waals surface area contributed by atoms with Crippen LogP contribution >= 0.6 is 0 Å². The van der Waals surface area contributed by atoms with Crippen molar-refractivity contribution in [2.75, 3.05) is 6.61 Å². The van der Waals surface area contributed by atoms with Gasteiger partial charge in [-0.1, -0.05) is 13.8 Å². The number of nitriles is 1. The number of nitrogens with zero attached hydrogens (tertiary/aromatic N) is 2. The van der Waals surface area contributed by atoms with Crippen molar-refractivity contribution in [1.29, 1.82) is 5.26 Å². The molecular weight excluding hydrogens is 180 g/mol. The molecule has 4 nitrogen and oxygen atoms in total. The Morgan fingerprint density at radius 3 is 2.64 bits per heavy atom. The molecule has 0 aromatic rings. The van der Waals surface area contributed by atoms with Crippen molar-refractivity contribution < 1.29 is 9.53 Å². The minimum atomic E-state index is -0.799. The van der Waals surface area contributed by atoms with Crippen molar-refractivity contribution >= 4 is 5.97 Å². The van der Waals surface area contributed by atoms with Gasteiger partial charge in [0, 0.05) is 0 Å². The van der Waals surface area contributed by atoms with E-state index in [0.29, 0.717) is 6.61 Å². The molecule has 0 aliphatic heterocycles. The number of carbonyl (C=O) groups is 1. The maximum absolute atomic E-state index is 11.2. The zero-order valence-electron chi connectivity index (χ0n) is 8.70. The molecule has 0 saturated carbocycles. The van der Waals surface area contributed by atoms with E-state index in [1.807, 2.05) is 6.07 Å². The van der Waals surface area contributed by atoms with Crippen molar-refractivity contribution in [2.45, 2.75) is 33.2 Å². The monoisotopic (exact) mass is 194 g/mol. The zero-order valence-corrected chi connectivity index (χ0v) is 8.70. The van der Waals surface area contributed by atoms with Crippen LogP contribution in [0.5, 0.6) is 0 Å². The molecule has 76 valence electrons. The summed E-state index contributed by atoms with van der Waals surface area (Å²) in [7, 11) is 0. The average molecular weight is 194 g/mol. The van der Waals surface area contributed by atoms with Gasteiger partial charge in [0.15, 0.2) is 6.07 Å². The molecule has 0 aromatic heterocycles. The number of hydrogen-bond donors (Lipinski definition) is 0. The maximum Gasteiger partial charge on any atom is 0.312 e. The minimum Gasteiger partial charge on any atom is -0.466 e. The van der Waals surface area contributed by atoms with Gasteiger partial charge in [0.25, 0.3) is 0 Å². The van der Waals surface area contributed by atoms with Gasteiger partial charge >= 0.3 is 12.0 Å². The Kier molecular flexibility index (Phi) is 4.66. The Morgan fingerprint density at radius 1 is 1.71 bits per heavy atom. The van der Waals surface area contributed by atoms with Crippen molar-refractivity contribution in [2.24, 2.45) is 5.41 Å². The molecule has 1 unspecified atom stereocenters. The Morgan fingerprint density at radius 2 is 2.29 bits per heavy atom. The molecule has 0 spiro atoms. The van der Waals surface area contributed by atoms with E-state index in [2.05, 4.69) is 4.85 Å². The van der Waals surface area contributed by atoms with Crippen LogP contribution < -0.4 is 0 Å². The molecule has 1 atom stereocenters. The molecule has 4 heteroatoms. The molecule has 0 aromatic carbocycles. The summed E-state index contributed by atoms with van der Waals surface area (Å²) in [6, 6.07) is 1.08. The topological polar surface area (TPSA) is 54.5 Å². The van der Waals surface area contributed by atoms with Crippen molar-refractivity contribution in [1.82, 2.24) is 0 Å². The summed E-state index contributed by atoms with van der Waals surface area (Å²) in [6.45, 7) is 12.3. The molecule has 0 aliphatic rings. The van der Waals surface area contributed by atoms with Gasteiger partial charge in [0.05, 0.1) is 18.4 Å². The van der Waals surface area contributed by atoms with Crippen LogP contribution in [0.2, 0.25) is 0 Å². The van der Waals surface area contributed by atoms with Crippen LogP contribution in [0, 0.1) is 23.3 Å². The van der Waals surface area contributed by atoms with Gasteiger partial charge in [-0.25, -0.2) is 6.57 Å². The fourth-order valence-corrected chi connectivity index (χ4v) is 1.06. The zero-order chi connectivity index (χ0) is 11.2. The molecule has 0 rings (SSSR count). The normalized spacial score (nSPS) is 12.4. The first-order valence-electron chi connectivity index (χ1n) is 4.39. The third-order valence-corrected chi connectivity index (χ3v) is 1.90. The standard InChI is InChI=1S/C10H14N2O2/c1-5-14-9(13)6-10(2,3)8(7-11)12-4/h8H,5-6H2,1-3H3. The predicted molar refractivity (Wildman–Crippen MR) is 51.0 cm³/mol. The third-order valence-electron chi connectivity index (χ3n) is 1.90. The van der Waals surface area contributed by atoms with Crippen LogP contribution in [0.4, 0.5) is 0 Å². The first kappa shape index (κ1) is 12.4. The third kappa shape index (κ3) is 3.45. The van der Waals surface area contributed by atoms with Crippen molar-refractivity contribution in [3.8, 4) is 6.07 Å². The molecule has 0 fully saturated rings. The molecule has 0 bridgehead atoms. The number of hydrogen-bond acceptors (Lipinski definition) is 3. The van der Waals surface area contributed by atoms with E-state index < -0.39 is 11.5 Å². The number of rotatable bonds is 4. The second-order valence-corrected chi connectivity index (χ2v) is 3.63. The lowest BCUT2D eigenvalue weighted by molar-refractivity contribution is -0.145. The van der Waals surface area contributed by atoms with Crippen LogP contribution in [0.3, 0.4) is 0 Å². The summed E-state index contributed by atoms with van der Waals surface area (Å²) in [4.78, 5) is 14.3. The molecule has 0 saturated heterocycles. The van der Waals surface area contributed by atoms with Gasteiger partial charge < -0.3 is 4.74 Å². The van der Waals surface area contributed by atoms with E-state index in [0.717, 1.165) is 0 Å². The molecule has 0 heterocycles. The van der Waals surface area contributed by atoms with Crippen LogP contribution in [0.1, 0.15) is 27.2 Å². The smallest absolute Gasteiger partial charge is 0.312 e.